The predicted octanol–water partition coefficient (Wildman–Crippen LogP) is 6.04. The normalized spacial score (nSPS) is 28.0. The molecule has 28 heavy (non-hydrogen) atoms. The van der Waals surface area contributed by atoms with E-state index in [0.29, 0.717) is 5.92 Å². The van der Waals surface area contributed by atoms with E-state index < -0.39 is 0 Å². The van der Waals surface area contributed by atoms with Crippen molar-refractivity contribution >= 4 is 0 Å². The number of nitrogens with zero attached hydrogens (tertiary/aromatic N) is 1. The second kappa shape index (κ2) is 7.55. The van der Waals surface area contributed by atoms with Crippen molar-refractivity contribution in [1.82, 2.24) is 4.90 Å². The molecule has 2 nitrogen and oxygen atoms in total. The fourth-order valence-electron chi connectivity index (χ4n) is 6.32. The molecule has 2 saturated carbocycles. The Balaban J connectivity index is 1.34. The number of aryl methyl sites for hydroxylation is 1. The average Bonchev–Trinajstić information content (AvgIpc) is 3.38. The number of methoxy groups -OCH3 is 1. The van der Waals surface area contributed by atoms with Crippen LogP contribution >= 0.6 is 0 Å². The van der Waals surface area contributed by atoms with Crippen LogP contribution in [0, 0.1) is 18.8 Å². The summed E-state index contributed by atoms with van der Waals surface area (Å²) in [6.07, 6.45) is 8.50. The van der Waals surface area contributed by atoms with Crippen molar-refractivity contribution in [1.29, 1.82) is 0 Å². The summed E-state index contributed by atoms with van der Waals surface area (Å²) in [6, 6.07) is 16.4. The molecule has 2 aromatic rings. The van der Waals surface area contributed by atoms with Crippen LogP contribution in [0.3, 0.4) is 0 Å². The van der Waals surface area contributed by atoms with Gasteiger partial charge in [-0.15, -0.1) is 0 Å². The number of hydrogen-bond donors (Lipinski definition) is 0. The second-order valence-corrected chi connectivity index (χ2v) is 9.32. The Kier molecular flexibility index (Phi) is 4.92. The minimum Gasteiger partial charge on any atom is -0.496 e. The fraction of sp³-hybridized carbons (Fsp3) is 0.538. The zero-order chi connectivity index (χ0) is 19.1. The molecule has 3 fully saturated rings. The Hall–Kier alpha value is -1.80. The lowest BCUT2D eigenvalue weighted by molar-refractivity contribution is 0.110. The molecule has 0 aromatic heterocycles. The lowest BCUT2D eigenvalue weighted by Crippen LogP contribution is -2.43. The first kappa shape index (κ1) is 18.2. The van der Waals surface area contributed by atoms with Crippen molar-refractivity contribution in [2.75, 3.05) is 20.2 Å². The molecule has 3 aliphatic rings. The van der Waals surface area contributed by atoms with Gasteiger partial charge >= 0.3 is 0 Å². The molecule has 5 rings (SSSR count). The van der Waals surface area contributed by atoms with Gasteiger partial charge in [-0.05, 0) is 104 Å². The Morgan fingerprint density at radius 2 is 1.75 bits per heavy atom. The molecule has 148 valence electrons. The Morgan fingerprint density at radius 1 is 0.929 bits per heavy atom. The summed E-state index contributed by atoms with van der Waals surface area (Å²) < 4.78 is 5.77. The third-order valence-electron chi connectivity index (χ3n) is 7.82. The van der Waals surface area contributed by atoms with E-state index >= 15 is 0 Å². The van der Waals surface area contributed by atoms with Gasteiger partial charge in [0.25, 0.3) is 0 Å². The number of hydrogen-bond acceptors (Lipinski definition) is 2. The molecule has 1 heterocycles. The van der Waals surface area contributed by atoms with Gasteiger partial charge < -0.3 is 9.64 Å². The molecule has 1 saturated heterocycles. The summed E-state index contributed by atoms with van der Waals surface area (Å²) in [5, 5.41) is 0. The average molecular weight is 376 g/mol. The SMILES string of the molecule is COc1ccc(-c2ccccc2C)cc1C1CCN([C@H]2C[C@H]3CC[C@H]2C3)CC1. The molecule has 3 atom stereocenters. The highest BCUT2D eigenvalue weighted by Gasteiger charge is 2.43. The number of ether oxygens (including phenoxy) is 1. The van der Waals surface area contributed by atoms with E-state index in [9.17, 15) is 0 Å². The maximum atomic E-state index is 5.77. The smallest absolute Gasteiger partial charge is 0.122 e. The van der Waals surface area contributed by atoms with E-state index in [1.165, 1.54) is 73.9 Å². The lowest BCUT2D eigenvalue weighted by atomic mass is 9.85. The van der Waals surface area contributed by atoms with Crippen molar-refractivity contribution in [2.45, 2.75) is 57.4 Å². The summed E-state index contributed by atoms with van der Waals surface area (Å²) in [6.45, 7) is 4.72. The maximum Gasteiger partial charge on any atom is 0.122 e. The van der Waals surface area contributed by atoms with Crippen molar-refractivity contribution in [2.24, 2.45) is 11.8 Å². The summed E-state index contributed by atoms with van der Waals surface area (Å²) in [5.74, 6) is 3.73. The van der Waals surface area contributed by atoms with Crippen LogP contribution in [0.2, 0.25) is 0 Å². The number of fused-ring (bicyclic) bond motifs is 2. The standard InChI is InChI=1S/C26H33NO/c1-18-5-3-4-6-23(18)21-9-10-26(28-2)24(17-21)20-11-13-27(14-12-20)25-16-19-7-8-22(25)15-19/h3-6,9-10,17,19-20,22,25H,7-8,11-16H2,1-2H3/t19-,22-,25-/m0/s1. The highest BCUT2D eigenvalue weighted by atomic mass is 16.5. The van der Waals surface area contributed by atoms with Crippen LogP contribution in [0.5, 0.6) is 5.75 Å². The largest absolute Gasteiger partial charge is 0.496 e. The van der Waals surface area contributed by atoms with Gasteiger partial charge in [-0.2, -0.15) is 0 Å². The minimum absolute atomic E-state index is 0.619. The van der Waals surface area contributed by atoms with E-state index in [4.69, 9.17) is 4.74 Å². The number of rotatable bonds is 4. The minimum atomic E-state index is 0.619. The van der Waals surface area contributed by atoms with Crippen molar-refractivity contribution in [3.63, 3.8) is 0 Å². The first-order valence-electron chi connectivity index (χ1n) is 11.2. The Morgan fingerprint density at radius 3 is 2.43 bits per heavy atom. The molecule has 0 spiro atoms. The van der Waals surface area contributed by atoms with Gasteiger partial charge in [0.05, 0.1) is 7.11 Å². The molecule has 2 heteroatoms. The first-order valence-corrected chi connectivity index (χ1v) is 11.2. The van der Waals surface area contributed by atoms with Crippen LogP contribution in [0.15, 0.2) is 42.5 Å². The van der Waals surface area contributed by atoms with E-state index in [-0.39, 0.29) is 0 Å². The van der Waals surface area contributed by atoms with Crippen LogP contribution in [0.25, 0.3) is 11.1 Å². The third kappa shape index (κ3) is 3.26. The van der Waals surface area contributed by atoms with Gasteiger partial charge in [-0.25, -0.2) is 0 Å². The molecule has 2 aliphatic carbocycles. The van der Waals surface area contributed by atoms with Gasteiger partial charge in [-0.3, -0.25) is 0 Å². The van der Waals surface area contributed by atoms with Crippen molar-refractivity contribution < 1.29 is 4.74 Å². The second-order valence-electron chi connectivity index (χ2n) is 9.32. The van der Waals surface area contributed by atoms with Crippen LogP contribution in [0.1, 0.15) is 55.6 Å². The monoisotopic (exact) mass is 375 g/mol. The third-order valence-corrected chi connectivity index (χ3v) is 7.82. The van der Waals surface area contributed by atoms with E-state index in [1.54, 1.807) is 0 Å². The molecular formula is C26H33NO. The van der Waals surface area contributed by atoms with E-state index in [0.717, 1.165) is 23.6 Å². The zero-order valence-corrected chi connectivity index (χ0v) is 17.4. The molecule has 0 amide bonds. The number of piperidine rings is 1. The summed E-state index contributed by atoms with van der Waals surface area (Å²) in [7, 11) is 1.82. The maximum absolute atomic E-state index is 5.77. The van der Waals surface area contributed by atoms with Crippen LogP contribution in [0.4, 0.5) is 0 Å². The molecule has 1 aliphatic heterocycles. The molecule has 0 radical (unpaired) electrons. The highest BCUT2D eigenvalue weighted by Crippen LogP contribution is 2.48. The topological polar surface area (TPSA) is 12.5 Å². The van der Waals surface area contributed by atoms with Gasteiger partial charge in [0.1, 0.15) is 5.75 Å². The molecular weight excluding hydrogens is 342 g/mol. The molecule has 0 unspecified atom stereocenters. The number of likely N-dealkylation sites (tertiary alicyclic amines) is 1. The zero-order valence-electron chi connectivity index (χ0n) is 17.4. The van der Waals surface area contributed by atoms with Crippen molar-refractivity contribution in [3.05, 3.63) is 53.6 Å². The van der Waals surface area contributed by atoms with Gasteiger partial charge in [0.15, 0.2) is 0 Å². The first-order chi connectivity index (χ1) is 13.7. The van der Waals surface area contributed by atoms with E-state index in [2.05, 4.69) is 54.3 Å². The quantitative estimate of drug-likeness (QED) is 0.646. The fourth-order valence-corrected chi connectivity index (χ4v) is 6.32. The van der Waals surface area contributed by atoms with Crippen LogP contribution in [-0.2, 0) is 0 Å². The lowest BCUT2D eigenvalue weighted by Gasteiger charge is -2.40. The predicted molar refractivity (Wildman–Crippen MR) is 116 cm³/mol. The van der Waals surface area contributed by atoms with Crippen molar-refractivity contribution in [3.8, 4) is 16.9 Å². The van der Waals surface area contributed by atoms with Gasteiger partial charge in [0.2, 0.25) is 0 Å². The summed E-state index contributed by atoms with van der Waals surface area (Å²) in [4.78, 5) is 2.83. The molecule has 2 bridgehead atoms. The van der Waals surface area contributed by atoms with Gasteiger partial charge in [0, 0.05) is 6.04 Å². The van der Waals surface area contributed by atoms with Crippen LogP contribution < -0.4 is 4.74 Å². The summed E-state index contributed by atoms with van der Waals surface area (Å²) in [5.41, 5.74) is 5.41. The number of benzene rings is 2. The van der Waals surface area contributed by atoms with Gasteiger partial charge in [-0.1, -0.05) is 36.8 Å². The Labute approximate surface area is 169 Å². The van der Waals surface area contributed by atoms with Crippen LogP contribution in [-0.4, -0.2) is 31.1 Å². The molecule has 0 N–H and O–H groups in total. The molecule has 2 aromatic carbocycles. The highest BCUT2D eigenvalue weighted by molar-refractivity contribution is 5.69. The van der Waals surface area contributed by atoms with E-state index in [1.807, 2.05) is 7.11 Å². The Bertz CT molecular complexity index is 836. The summed E-state index contributed by atoms with van der Waals surface area (Å²) >= 11 is 0.